The Balaban J connectivity index is 1.36. The molecule has 2 aromatic rings. The van der Waals surface area contributed by atoms with Crippen molar-refractivity contribution >= 4 is 5.78 Å². The molecule has 2 fully saturated rings. The van der Waals surface area contributed by atoms with Gasteiger partial charge in [-0.15, -0.1) is 0 Å². The molecule has 0 bridgehead atoms. The number of aliphatic hydroxyl groups is 1. The molecule has 0 amide bonds. The molecular weight excluding hydrogens is 360 g/mol. The summed E-state index contributed by atoms with van der Waals surface area (Å²) < 4.78 is 6.04. The van der Waals surface area contributed by atoms with Gasteiger partial charge in [0.05, 0.1) is 6.26 Å². The van der Waals surface area contributed by atoms with Gasteiger partial charge >= 0.3 is 0 Å². The second kappa shape index (κ2) is 7.05. The van der Waals surface area contributed by atoms with Gasteiger partial charge in [-0.2, -0.15) is 0 Å². The molecule has 1 N–H and O–H groups in total. The second-order valence-corrected chi connectivity index (χ2v) is 9.19. The minimum absolute atomic E-state index is 0.180. The van der Waals surface area contributed by atoms with Crippen LogP contribution in [0.15, 0.2) is 60.4 Å². The first-order chi connectivity index (χ1) is 14.1. The van der Waals surface area contributed by atoms with Crippen molar-refractivity contribution in [2.45, 2.75) is 51.6 Å². The average Bonchev–Trinajstić information content (AvgIpc) is 3.03. The van der Waals surface area contributed by atoms with Crippen LogP contribution in [0.25, 0.3) is 0 Å². The summed E-state index contributed by atoms with van der Waals surface area (Å²) in [5, 5.41) is 9.52. The van der Waals surface area contributed by atoms with Gasteiger partial charge in [-0.25, -0.2) is 0 Å². The minimum Gasteiger partial charge on any atom is -0.515 e. The van der Waals surface area contributed by atoms with E-state index in [4.69, 9.17) is 4.74 Å². The van der Waals surface area contributed by atoms with Gasteiger partial charge in [0.15, 0.2) is 5.78 Å². The molecule has 3 nitrogen and oxygen atoms in total. The molecule has 0 radical (unpaired) electrons. The quantitative estimate of drug-likeness (QED) is 0.538. The molecule has 2 saturated carbocycles. The van der Waals surface area contributed by atoms with Crippen LogP contribution in [0, 0.1) is 17.3 Å². The molecule has 2 aromatic carbocycles. The van der Waals surface area contributed by atoms with Crippen molar-refractivity contribution in [1.29, 1.82) is 0 Å². The van der Waals surface area contributed by atoms with Gasteiger partial charge < -0.3 is 9.84 Å². The second-order valence-electron chi connectivity index (χ2n) is 9.19. The lowest BCUT2D eigenvalue weighted by molar-refractivity contribution is -0.127. The van der Waals surface area contributed by atoms with E-state index in [2.05, 4.69) is 37.3 Å². The molecule has 0 heterocycles. The van der Waals surface area contributed by atoms with Gasteiger partial charge in [0, 0.05) is 11.0 Å². The topological polar surface area (TPSA) is 46.5 Å². The highest BCUT2D eigenvalue weighted by Gasteiger charge is 2.56. The van der Waals surface area contributed by atoms with Crippen LogP contribution in [0.2, 0.25) is 0 Å². The number of allylic oxidation sites excluding steroid dienone is 1. The molecule has 3 aliphatic rings. The van der Waals surface area contributed by atoms with Crippen molar-refractivity contribution in [3.05, 3.63) is 77.1 Å². The van der Waals surface area contributed by atoms with E-state index < -0.39 is 0 Å². The Hall–Kier alpha value is -2.55. The maximum absolute atomic E-state index is 12.8. The lowest BCUT2D eigenvalue weighted by Crippen LogP contribution is -2.42. The van der Waals surface area contributed by atoms with Crippen LogP contribution in [0.4, 0.5) is 0 Å². The Kier molecular flexibility index (Phi) is 4.49. The number of fused-ring (bicyclic) bond motifs is 5. The Morgan fingerprint density at radius 2 is 2.00 bits per heavy atom. The van der Waals surface area contributed by atoms with E-state index in [1.807, 2.05) is 18.2 Å². The Morgan fingerprint density at radius 3 is 2.79 bits per heavy atom. The number of carbonyl (C=O) groups excluding carboxylic acids is 1. The van der Waals surface area contributed by atoms with Crippen LogP contribution in [-0.2, 0) is 17.8 Å². The first-order valence-electron chi connectivity index (χ1n) is 10.8. The lowest BCUT2D eigenvalue weighted by atomic mass is 9.55. The van der Waals surface area contributed by atoms with Gasteiger partial charge in [-0.05, 0) is 78.7 Å². The summed E-state index contributed by atoms with van der Waals surface area (Å²) >= 11 is 0. The fourth-order valence-electron chi connectivity index (χ4n) is 6.18. The highest BCUT2D eigenvalue weighted by molar-refractivity contribution is 6.02. The normalized spacial score (nSPS) is 31.8. The summed E-state index contributed by atoms with van der Waals surface area (Å²) in [6.45, 7) is 2.72. The zero-order chi connectivity index (χ0) is 20.0. The number of ether oxygens (including phenoxy) is 1. The summed E-state index contributed by atoms with van der Waals surface area (Å²) in [6.07, 6.45) is 5.93. The van der Waals surface area contributed by atoms with Gasteiger partial charge in [0.2, 0.25) is 0 Å². The largest absolute Gasteiger partial charge is 0.515 e. The van der Waals surface area contributed by atoms with Gasteiger partial charge in [-0.1, -0.05) is 43.3 Å². The van der Waals surface area contributed by atoms with E-state index in [9.17, 15) is 9.90 Å². The fourth-order valence-corrected chi connectivity index (χ4v) is 6.18. The van der Waals surface area contributed by atoms with Crippen LogP contribution in [0.3, 0.4) is 0 Å². The molecule has 4 atom stereocenters. The lowest BCUT2D eigenvalue weighted by Gasteiger charge is -2.48. The zero-order valence-corrected chi connectivity index (χ0v) is 16.9. The third-order valence-electron chi connectivity index (χ3n) is 7.74. The van der Waals surface area contributed by atoms with Crippen molar-refractivity contribution in [3.8, 4) is 5.75 Å². The number of aryl methyl sites for hydroxylation is 1. The highest BCUT2D eigenvalue weighted by atomic mass is 16.5. The molecule has 3 heteroatoms. The first-order valence-corrected chi connectivity index (χ1v) is 10.8. The molecule has 5 rings (SSSR count). The number of Topliss-reactive ketones (excluding diaryl/α,β-unsaturated/α-hetero) is 1. The Bertz CT molecular complexity index is 961. The van der Waals surface area contributed by atoms with Crippen LogP contribution < -0.4 is 4.74 Å². The third kappa shape index (κ3) is 2.99. The first kappa shape index (κ1) is 18.5. The van der Waals surface area contributed by atoms with Crippen molar-refractivity contribution in [3.63, 3.8) is 0 Å². The molecule has 0 saturated heterocycles. The van der Waals surface area contributed by atoms with Crippen LogP contribution in [-0.4, -0.2) is 10.9 Å². The van der Waals surface area contributed by atoms with E-state index >= 15 is 0 Å². The third-order valence-corrected chi connectivity index (χ3v) is 7.74. The van der Waals surface area contributed by atoms with Crippen molar-refractivity contribution in [2.75, 3.05) is 0 Å². The molecule has 0 spiro atoms. The van der Waals surface area contributed by atoms with E-state index in [-0.39, 0.29) is 11.2 Å². The highest BCUT2D eigenvalue weighted by Crippen LogP contribution is 2.60. The van der Waals surface area contributed by atoms with Gasteiger partial charge in [0.1, 0.15) is 12.4 Å². The minimum atomic E-state index is -0.286. The standard InChI is InChI=1S/C26H28O3/c1-26-12-11-22-21-10-8-20(29-16-17-5-3-2-4-6-17)13-18(21)7-9-23(22)24(26)14-19(15-27)25(26)28/h2-6,8,10,13,15,22-24,27H,7,9,11-12,14,16H2,1H3/t22-,23-,24+,26-/m1/s1. The number of benzene rings is 2. The summed E-state index contributed by atoms with van der Waals surface area (Å²) in [6, 6.07) is 16.8. The van der Waals surface area contributed by atoms with Gasteiger partial charge in [0.25, 0.3) is 0 Å². The van der Waals surface area contributed by atoms with E-state index in [0.29, 0.717) is 29.9 Å². The summed E-state index contributed by atoms with van der Waals surface area (Å²) in [7, 11) is 0. The van der Waals surface area contributed by atoms with E-state index in [1.165, 1.54) is 16.7 Å². The molecule has 150 valence electrons. The molecule has 0 unspecified atom stereocenters. The molecular formula is C26H28O3. The van der Waals surface area contributed by atoms with Crippen molar-refractivity contribution < 1.29 is 14.6 Å². The monoisotopic (exact) mass is 388 g/mol. The van der Waals surface area contributed by atoms with E-state index in [1.54, 1.807) is 0 Å². The maximum Gasteiger partial charge on any atom is 0.168 e. The Morgan fingerprint density at radius 1 is 1.17 bits per heavy atom. The average molecular weight is 389 g/mol. The predicted octanol–water partition coefficient (Wildman–Crippen LogP) is 5.74. The number of rotatable bonds is 3. The number of carbonyl (C=O) groups is 1. The van der Waals surface area contributed by atoms with Crippen LogP contribution in [0.1, 0.15) is 55.2 Å². The maximum atomic E-state index is 12.8. The SMILES string of the molecule is C[C@@]12CC[C@@H]3c4ccc(OCc5ccccc5)cc4CC[C@H]3[C@@H]1CC(=CO)C2=O. The summed E-state index contributed by atoms with van der Waals surface area (Å²) in [5.41, 5.74) is 4.38. The Labute approximate surface area is 172 Å². The molecule has 3 aliphatic carbocycles. The number of hydrogen-bond acceptors (Lipinski definition) is 3. The fraction of sp³-hybridized carbons (Fsp3) is 0.423. The predicted molar refractivity (Wildman–Crippen MR) is 113 cm³/mol. The smallest absolute Gasteiger partial charge is 0.168 e. The van der Waals surface area contributed by atoms with Crippen LogP contribution in [0.5, 0.6) is 5.75 Å². The number of ketones is 1. The van der Waals surface area contributed by atoms with Crippen molar-refractivity contribution in [2.24, 2.45) is 17.3 Å². The molecule has 0 aromatic heterocycles. The van der Waals surface area contributed by atoms with E-state index in [0.717, 1.165) is 44.1 Å². The van der Waals surface area contributed by atoms with Crippen molar-refractivity contribution in [1.82, 2.24) is 0 Å². The van der Waals surface area contributed by atoms with Crippen LogP contribution >= 0.6 is 0 Å². The summed E-state index contributed by atoms with van der Waals surface area (Å²) in [5.74, 6) is 2.52. The molecule has 0 aliphatic heterocycles. The molecule has 29 heavy (non-hydrogen) atoms. The van der Waals surface area contributed by atoms with Gasteiger partial charge in [-0.3, -0.25) is 4.79 Å². The summed E-state index contributed by atoms with van der Waals surface area (Å²) in [4.78, 5) is 12.8. The number of aliphatic hydroxyl groups excluding tert-OH is 1. The zero-order valence-electron chi connectivity index (χ0n) is 16.9. The number of hydrogen-bond donors (Lipinski definition) is 1.